The Kier molecular flexibility index (Phi) is 7.40. The van der Waals surface area contributed by atoms with Crippen LogP contribution in [0.25, 0.3) is 39.0 Å². The van der Waals surface area contributed by atoms with Gasteiger partial charge in [0.15, 0.2) is 5.82 Å². The van der Waals surface area contributed by atoms with Crippen LogP contribution in [-0.4, -0.2) is 53.4 Å². The topological polar surface area (TPSA) is 98.7 Å². The van der Waals surface area contributed by atoms with Crippen molar-refractivity contribution in [1.82, 2.24) is 20.3 Å². The average Bonchev–Trinajstić information content (AvgIpc) is 3.05. The smallest absolute Gasteiger partial charge is 0.407 e. The number of anilines is 1. The number of ether oxygens (including phenoxy) is 3. The summed E-state index contributed by atoms with van der Waals surface area (Å²) >= 11 is 0. The van der Waals surface area contributed by atoms with Crippen molar-refractivity contribution in [2.75, 3.05) is 31.7 Å². The summed E-state index contributed by atoms with van der Waals surface area (Å²) in [5, 5.41) is 5.10. The lowest BCUT2D eigenvalue weighted by atomic mass is 9.91. The van der Waals surface area contributed by atoms with Gasteiger partial charge < -0.3 is 24.4 Å². The van der Waals surface area contributed by atoms with Crippen LogP contribution in [0.5, 0.6) is 11.8 Å². The molecule has 8 rings (SSSR count). The molecule has 1 atom stereocenters. The second-order valence-electron chi connectivity index (χ2n) is 11.6. The van der Waals surface area contributed by atoms with Crippen molar-refractivity contribution in [3.05, 3.63) is 89.9 Å². The van der Waals surface area contributed by atoms with Crippen LogP contribution in [-0.2, 0) is 11.3 Å². The number of nitrogens with one attached hydrogen (secondary N) is 1. The fourth-order valence-electron chi connectivity index (χ4n) is 6.22. The number of hydrogen-bond acceptors (Lipinski definition) is 8. The van der Waals surface area contributed by atoms with Gasteiger partial charge in [0, 0.05) is 24.8 Å². The molecular formula is C35H32FN5O4. The molecule has 0 spiro atoms. The number of nitrogens with zero attached hydrogens (tertiary/aromatic N) is 4. The number of halogens is 1. The van der Waals surface area contributed by atoms with E-state index < -0.39 is 17.4 Å². The van der Waals surface area contributed by atoms with Crippen LogP contribution in [0.2, 0.25) is 0 Å². The number of alkyl carbamates (subject to hydrolysis) is 1. The standard InChI is InChI=1S/C35H32FN5O4/c1-35-14-8-15-41(21-35)32-27-19-37-30(29(36)31(27)38-33(39-32)43-2)26-18-25(45-20-22-9-4-3-5-10-22)17-24-12-6-11-23(28(24)26)13-7-16-44-34(42)40-35/h3-7,9-13,17-19H,8,14-16,20-21H2,1-2H3,(H,40,42)/b13-7+. The Morgan fingerprint density at radius 3 is 2.82 bits per heavy atom. The van der Waals surface area contributed by atoms with E-state index in [1.54, 1.807) is 12.3 Å². The maximum atomic E-state index is 16.8. The Morgan fingerprint density at radius 1 is 1.11 bits per heavy atom. The number of carbonyl (C=O) groups excluding carboxylic acids is 1. The predicted molar refractivity (Wildman–Crippen MR) is 171 cm³/mol. The number of piperidine rings is 1. The van der Waals surface area contributed by atoms with Crippen LogP contribution in [0.3, 0.4) is 0 Å². The van der Waals surface area contributed by atoms with Crippen molar-refractivity contribution in [3.63, 3.8) is 0 Å². The van der Waals surface area contributed by atoms with Crippen LogP contribution >= 0.6 is 0 Å². The van der Waals surface area contributed by atoms with Crippen LogP contribution in [0.15, 0.2) is 72.9 Å². The molecule has 0 aliphatic carbocycles. The maximum Gasteiger partial charge on any atom is 0.407 e. The summed E-state index contributed by atoms with van der Waals surface area (Å²) in [7, 11) is 1.46. The normalized spacial score (nSPS) is 18.8. The minimum absolute atomic E-state index is 0.0412. The minimum Gasteiger partial charge on any atom is -0.489 e. The summed E-state index contributed by atoms with van der Waals surface area (Å²) in [4.78, 5) is 28.6. The van der Waals surface area contributed by atoms with Gasteiger partial charge in [-0.25, -0.2) is 9.18 Å². The lowest BCUT2D eigenvalue weighted by Crippen LogP contribution is -2.57. The molecule has 45 heavy (non-hydrogen) atoms. The van der Waals surface area contributed by atoms with Gasteiger partial charge in [0.1, 0.15) is 36.0 Å². The van der Waals surface area contributed by atoms with Gasteiger partial charge in [-0.15, -0.1) is 0 Å². The quantitative estimate of drug-likeness (QED) is 0.242. The van der Waals surface area contributed by atoms with Crippen molar-refractivity contribution in [2.24, 2.45) is 0 Å². The fraction of sp³-hybridized carbons (Fsp3) is 0.257. The van der Waals surface area contributed by atoms with E-state index in [1.807, 2.05) is 78.6 Å². The molecule has 1 N–H and O–H groups in total. The summed E-state index contributed by atoms with van der Waals surface area (Å²) in [6.07, 6.45) is 6.29. The molecule has 5 heterocycles. The molecule has 6 bridgehead atoms. The second kappa shape index (κ2) is 11.7. The number of aromatic nitrogens is 3. The van der Waals surface area contributed by atoms with E-state index in [0.717, 1.165) is 34.7 Å². The van der Waals surface area contributed by atoms with Crippen LogP contribution in [0.4, 0.5) is 15.0 Å². The van der Waals surface area contributed by atoms with E-state index in [0.29, 0.717) is 42.2 Å². The third kappa shape index (κ3) is 5.59. The molecule has 1 unspecified atom stereocenters. The van der Waals surface area contributed by atoms with Gasteiger partial charge in [-0.3, -0.25) is 4.98 Å². The second-order valence-corrected chi connectivity index (χ2v) is 11.6. The molecule has 9 nitrogen and oxygen atoms in total. The van der Waals surface area contributed by atoms with Crippen LogP contribution in [0.1, 0.15) is 30.9 Å². The van der Waals surface area contributed by atoms with Gasteiger partial charge in [0.05, 0.1) is 18.0 Å². The minimum atomic E-state index is -0.596. The zero-order chi connectivity index (χ0) is 31.0. The Bertz CT molecular complexity index is 1950. The van der Waals surface area contributed by atoms with Gasteiger partial charge in [-0.2, -0.15) is 9.97 Å². The molecule has 3 aromatic carbocycles. The first-order valence-electron chi connectivity index (χ1n) is 14.9. The molecule has 1 fully saturated rings. The lowest BCUT2D eigenvalue weighted by Gasteiger charge is -2.41. The van der Waals surface area contributed by atoms with Crippen LogP contribution in [0, 0.1) is 5.82 Å². The Labute approximate surface area is 259 Å². The van der Waals surface area contributed by atoms with E-state index in [4.69, 9.17) is 19.2 Å². The molecular weight excluding hydrogens is 573 g/mol. The number of methoxy groups -OCH3 is 1. The molecule has 0 radical (unpaired) electrons. The SMILES string of the molecule is COc1nc2c3cnc(c(F)c3n1)-c1cc(OCc3ccccc3)cc3cccc(c13)/C=C/COC(=O)NC1(C)CCCN2C1. The molecule has 0 saturated carbocycles. The molecule has 3 aliphatic heterocycles. The predicted octanol–water partition coefficient (Wildman–Crippen LogP) is 6.68. The first kappa shape index (κ1) is 28.5. The van der Waals surface area contributed by atoms with E-state index in [-0.39, 0.29) is 23.8 Å². The highest BCUT2D eigenvalue weighted by atomic mass is 19.1. The lowest BCUT2D eigenvalue weighted by molar-refractivity contribution is 0.142. The number of rotatable bonds is 4. The van der Waals surface area contributed by atoms with Crippen molar-refractivity contribution >= 4 is 39.7 Å². The van der Waals surface area contributed by atoms with E-state index in [2.05, 4.69) is 15.3 Å². The highest BCUT2D eigenvalue weighted by molar-refractivity contribution is 6.04. The van der Waals surface area contributed by atoms with Gasteiger partial charge in [0.25, 0.3) is 0 Å². The average molecular weight is 606 g/mol. The number of hydrogen-bond donors (Lipinski definition) is 1. The van der Waals surface area contributed by atoms with Gasteiger partial charge in [-0.05, 0) is 59.9 Å². The van der Waals surface area contributed by atoms with Crippen LogP contribution < -0.4 is 19.7 Å². The highest BCUT2D eigenvalue weighted by Gasteiger charge is 2.35. The summed E-state index contributed by atoms with van der Waals surface area (Å²) in [6, 6.07) is 19.4. The number of pyridine rings is 1. The third-order valence-electron chi connectivity index (χ3n) is 8.32. The fourth-order valence-corrected chi connectivity index (χ4v) is 6.22. The maximum absolute atomic E-state index is 16.8. The van der Waals surface area contributed by atoms with Crippen molar-refractivity contribution in [2.45, 2.75) is 31.9 Å². The monoisotopic (exact) mass is 605 g/mol. The summed E-state index contributed by atoms with van der Waals surface area (Å²) in [6.45, 7) is 3.47. The van der Waals surface area contributed by atoms with E-state index in [9.17, 15) is 4.79 Å². The third-order valence-corrected chi connectivity index (χ3v) is 8.32. The van der Waals surface area contributed by atoms with Gasteiger partial charge in [-0.1, -0.05) is 54.6 Å². The Morgan fingerprint density at radius 2 is 1.98 bits per heavy atom. The molecule has 5 aromatic rings. The molecule has 3 aliphatic rings. The van der Waals surface area contributed by atoms with Crippen molar-refractivity contribution in [1.29, 1.82) is 0 Å². The number of fused-ring (bicyclic) bond motifs is 5. The van der Waals surface area contributed by atoms with Gasteiger partial charge >= 0.3 is 12.1 Å². The number of benzene rings is 3. The van der Waals surface area contributed by atoms with E-state index in [1.165, 1.54) is 7.11 Å². The Hall–Kier alpha value is -5.25. The highest BCUT2D eigenvalue weighted by Crippen LogP contribution is 2.39. The summed E-state index contributed by atoms with van der Waals surface area (Å²) in [5.74, 6) is 0.478. The zero-order valence-corrected chi connectivity index (χ0v) is 25.0. The van der Waals surface area contributed by atoms with Gasteiger partial charge in [0.2, 0.25) is 0 Å². The Balaban J connectivity index is 1.45. The number of carbonyl (C=O) groups is 1. The van der Waals surface area contributed by atoms with Crippen molar-refractivity contribution < 1.29 is 23.4 Å². The molecule has 228 valence electrons. The zero-order valence-electron chi connectivity index (χ0n) is 25.0. The van der Waals surface area contributed by atoms with E-state index >= 15 is 4.39 Å². The molecule has 2 aromatic heterocycles. The first-order valence-corrected chi connectivity index (χ1v) is 14.9. The first-order chi connectivity index (χ1) is 21.9. The molecule has 1 amide bonds. The molecule has 10 heteroatoms. The largest absolute Gasteiger partial charge is 0.489 e. The summed E-state index contributed by atoms with van der Waals surface area (Å²) in [5.41, 5.74) is 2.00. The van der Waals surface area contributed by atoms with Crippen molar-refractivity contribution in [3.8, 4) is 23.0 Å². The molecule has 1 saturated heterocycles. The number of amides is 1. The summed E-state index contributed by atoms with van der Waals surface area (Å²) < 4.78 is 34.0.